The van der Waals surface area contributed by atoms with Crippen molar-refractivity contribution in [3.63, 3.8) is 0 Å². The van der Waals surface area contributed by atoms with E-state index < -0.39 is 5.25 Å². The smallest absolute Gasteiger partial charge is 0.220 e. The maximum Gasteiger partial charge on any atom is 0.220 e. The van der Waals surface area contributed by atoms with Crippen molar-refractivity contribution in [2.75, 3.05) is 13.7 Å². The molecule has 1 aromatic heterocycles. The van der Waals surface area contributed by atoms with E-state index >= 15 is 0 Å². The van der Waals surface area contributed by atoms with Gasteiger partial charge in [-0.25, -0.2) is 0 Å². The molecule has 10 heteroatoms. The number of nitrogens with zero attached hydrogens (tertiary/aromatic N) is 4. The summed E-state index contributed by atoms with van der Waals surface area (Å²) in [5.74, 6) is 2.09. The van der Waals surface area contributed by atoms with Gasteiger partial charge in [-0.15, -0.1) is 10.2 Å². The van der Waals surface area contributed by atoms with Crippen LogP contribution in [0, 0.1) is 17.0 Å². The van der Waals surface area contributed by atoms with Crippen LogP contribution in [0.25, 0.3) is 5.69 Å². The molecule has 0 aliphatic carbocycles. The van der Waals surface area contributed by atoms with Gasteiger partial charge in [0.05, 0.1) is 7.11 Å². The van der Waals surface area contributed by atoms with E-state index in [4.69, 9.17) is 21.1 Å². The van der Waals surface area contributed by atoms with Crippen LogP contribution in [0.4, 0.5) is 0 Å². The molecule has 4 aromatic rings. The lowest BCUT2D eigenvalue weighted by molar-refractivity contribution is -0.479. The van der Waals surface area contributed by atoms with Crippen LogP contribution in [0.1, 0.15) is 22.2 Å². The maximum absolute atomic E-state index is 11.5. The third-order valence-corrected chi connectivity index (χ3v) is 6.69. The predicted octanol–water partition coefficient (Wildman–Crippen LogP) is 5.93. The Morgan fingerprint density at radius 1 is 1.00 bits per heavy atom. The van der Waals surface area contributed by atoms with Gasteiger partial charge in [-0.1, -0.05) is 47.6 Å². The highest BCUT2D eigenvalue weighted by atomic mass is 35.5. The van der Waals surface area contributed by atoms with Crippen molar-refractivity contribution in [1.29, 1.82) is 0 Å². The zero-order valence-electron chi connectivity index (χ0n) is 19.1. The topological polar surface area (TPSA) is 92.3 Å². The summed E-state index contributed by atoms with van der Waals surface area (Å²) in [5.41, 5.74) is 2.64. The van der Waals surface area contributed by atoms with Crippen LogP contribution in [0.5, 0.6) is 11.5 Å². The van der Waals surface area contributed by atoms with Gasteiger partial charge in [-0.2, -0.15) is 0 Å². The SMILES string of the molecule is COc1ccc(-n2c(C)nnc2S[C@@H](C[N+](=O)[O-])c2ccc(OCc3ccc(Cl)cc3)cc2)cc1. The van der Waals surface area contributed by atoms with Crippen molar-refractivity contribution in [3.8, 4) is 17.2 Å². The van der Waals surface area contributed by atoms with Gasteiger partial charge < -0.3 is 9.47 Å². The highest BCUT2D eigenvalue weighted by Gasteiger charge is 2.24. The summed E-state index contributed by atoms with van der Waals surface area (Å²) in [6.07, 6.45) is 0. The standard InChI is InChI=1S/C25H23ClN4O4S/c1-17-27-28-25(30(17)21-9-13-22(33-2)14-10-21)35-24(15-29(31)32)19-5-11-23(12-6-19)34-16-18-3-7-20(26)8-4-18/h3-14,24H,15-16H2,1-2H3/t24-/m0/s1. The molecule has 0 unspecified atom stereocenters. The molecule has 0 saturated heterocycles. The lowest BCUT2D eigenvalue weighted by atomic mass is 10.1. The number of hydrogen-bond acceptors (Lipinski definition) is 7. The molecular weight excluding hydrogens is 488 g/mol. The Labute approximate surface area is 212 Å². The fourth-order valence-electron chi connectivity index (χ4n) is 3.45. The summed E-state index contributed by atoms with van der Waals surface area (Å²) < 4.78 is 13.0. The fraction of sp³-hybridized carbons (Fsp3) is 0.200. The number of nitro groups is 1. The molecule has 0 spiro atoms. The van der Waals surface area contributed by atoms with Crippen LogP contribution in [0.15, 0.2) is 78.0 Å². The van der Waals surface area contributed by atoms with Crippen LogP contribution < -0.4 is 9.47 Å². The molecule has 0 aliphatic rings. The Balaban J connectivity index is 1.52. The molecule has 8 nitrogen and oxygen atoms in total. The summed E-state index contributed by atoms with van der Waals surface area (Å²) >= 11 is 7.23. The third-order valence-electron chi connectivity index (χ3n) is 5.26. The van der Waals surface area contributed by atoms with E-state index in [2.05, 4.69) is 10.2 Å². The molecule has 0 radical (unpaired) electrons. The Morgan fingerprint density at radius 3 is 2.29 bits per heavy atom. The Morgan fingerprint density at radius 2 is 1.66 bits per heavy atom. The summed E-state index contributed by atoms with van der Waals surface area (Å²) in [7, 11) is 1.61. The summed E-state index contributed by atoms with van der Waals surface area (Å²) in [6.45, 7) is 1.98. The van der Waals surface area contributed by atoms with Crippen LogP contribution in [0.2, 0.25) is 5.02 Å². The second kappa shape index (κ2) is 11.2. The average Bonchev–Trinajstić information content (AvgIpc) is 3.23. The van der Waals surface area contributed by atoms with Crippen molar-refractivity contribution in [3.05, 3.63) is 105 Å². The first kappa shape index (κ1) is 24.6. The van der Waals surface area contributed by atoms with E-state index in [1.54, 1.807) is 7.11 Å². The number of rotatable bonds is 10. The fourth-order valence-corrected chi connectivity index (χ4v) is 4.75. The highest BCUT2D eigenvalue weighted by molar-refractivity contribution is 7.99. The van der Waals surface area contributed by atoms with Crippen LogP contribution in [-0.4, -0.2) is 33.3 Å². The number of benzene rings is 3. The van der Waals surface area contributed by atoms with E-state index in [1.807, 2.05) is 84.3 Å². The Kier molecular flexibility index (Phi) is 7.89. The van der Waals surface area contributed by atoms with E-state index in [1.165, 1.54) is 11.8 Å². The zero-order valence-corrected chi connectivity index (χ0v) is 20.7. The molecule has 0 bridgehead atoms. The molecule has 0 fully saturated rings. The number of halogens is 1. The minimum absolute atomic E-state index is 0.260. The minimum Gasteiger partial charge on any atom is -0.497 e. The molecule has 35 heavy (non-hydrogen) atoms. The molecule has 0 aliphatic heterocycles. The number of aromatic nitrogens is 3. The first-order chi connectivity index (χ1) is 16.9. The predicted molar refractivity (Wildman–Crippen MR) is 135 cm³/mol. The van der Waals surface area contributed by atoms with Gasteiger partial charge in [-0.3, -0.25) is 14.7 Å². The molecule has 1 heterocycles. The molecule has 0 N–H and O–H groups in total. The van der Waals surface area contributed by atoms with Gasteiger partial charge in [-0.05, 0) is 66.6 Å². The molecule has 3 aromatic carbocycles. The largest absolute Gasteiger partial charge is 0.497 e. The normalized spacial score (nSPS) is 11.7. The van der Waals surface area contributed by atoms with E-state index in [0.717, 1.165) is 22.6 Å². The van der Waals surface area contributed by atoms with Crippen LogP contribution in [-0.2, 0) is 6.61 Å². The lowest BCUT2D eigenvalue weighted by Crippen LogP contribution is -2.11. The van der Waals surface area contributed by atoms with E-state index in [9.17, 15) is 10.1 Å². The van der Waals surface area contributed by atoms with Gasteiger partial charge in [0.15, 0.2) is 5.16 Å². The van der Waals surface area contributed by atoms with Gasteiger partial charge in [0.2, 0.25) is 6.54 Å². The van der Waals surface area contributed by atoms with Crippen LogP contribution >= 0.6 is 23.4 Å². The minimum atomic E-state index is -0.462. The maximum atomic E-state index is 11.5. The van der Waals surface area contributed by atoms with E-state index in [-0.39, 0.29) is 11.5 Å². The molecule has 0 saturated carbocycles. The average molecular weight is 511 g/mol. The Hall–Kier alpha value is -3.56. The third kappa shape index (κ3) is 6.32. The van der Waals surface area contributed by atoms with E-state index in [0.29, 0.717) is 28.4 Å². The van der Waals surface area contributed by atoms with Crippen LogP contribution in [0.3, 0.4) is 0 Å². The molecular formula is C25H23ClN4O4S. The quantitative estimate of drug-likeness (QED) is 0.148. The van der Waals surface area contributed by atoms with Gasteiger partial charge >= 0.3 is 0 Å². The van der Waals surface area contributed by atoms with Crippen molar-refractivity contribution < 1.29 is 14.4 Å². The lowest BCUT2D eigenvalue weighted by Gasteiger charge is -2.15. The second-order valence-corrected chi connectivity index (χ2v) is 9.28. The summed E-state index contributed by atoms with van der Waals surface area (Å²) in [5, 5.41) is 20.7. The van der Waals surface area contributed by atoms with Crippen molar-refractivity contribution in [2.45, 2.75) is 23.9 Å². The molecule has 180 valence electrons. The van der Waals surface area contributed by atoms with Crippen molar-refractivity contribution >= 4 is 23.4 Å². The monoisotopic (exact) mass is 510 g/mol. The second-order valence-electron chi connectivity index (χ2n) is 7.67. The van der Waals surface area contributed by atoms with Gasteiger partial charge in [0.25, 0.3) is 0 Å². The highest BCUT2D eigenvalue weighted by Crippen LogP contribution is 2.36. The molecule has 1 atom stereocenters. The first-order valence-electron chi connectivity index (χ1n) is 10.7. The first-order valence-corrected chi connectivity index (χ1v) is 12.0. The summed E-state index contributed by atoms with van der Waals surface area (Å²) in [4.78, 5) is 11.1. The van der Waals surface area contributed by atoms with Crippen molar-refractivity contribution in [2.24, 2.45) is 0 Å². The van der Waals surface area contributed by atoms with Crippen molar-refractivity contribution in [1.82, 2.24) is 14.8 Å². The molecule has 4 rings (SSSR count). The summed E-state index contributed by atoms with van der Waals surface area (Å²) in [6, 6.07) is 22.3. The number of thioether (sulfide) groups is 1. The number of methoxy groups -OCH3 is 1. The van der Waals surface area contributed by atoms with Gasteiger partial charge in [0.1, 0.15) is 29.2 Å². The number of aryl methyl sites for hydroxylation is 1. The number of hydrogen-bond donors (Lipinski definition) is 0. The van der Waals surface area contributed by atoms with Gasteiger partial charge in [0, 0.05) is 15.6 Å². The molecule has 0 amide bonds. The number of ether oxygens (including phenoxy) is 2. The zero-order chi connectivity index (χ0) is 24.8. The Bertz CT molecular complexity index is 1280.